The summed E-state index contributed by atoms with van der Waals surface area (Å²) in [6.45, 7) is 6.67. The number of nitrogens with two attached hydrogens (primary N) is 1. The van der Waals surface area contributed by atoms with Crippen molar-refractivity contribution in [3.8, 4) is 0 Å². The Kier molecular flexibility index (Phi) is 5.16. The molecule has 11 heavy (non-hydrogen) atoms. The van der Waals surface area contributed by atoms with Gasteiger partial charge in [0.15, 0.2) is 0 Å². The Hall–Kier alpha value is -0.340. The SMILES string of the molecule is CCC(O)/C=C(/CN)C(C)C. The first-order valence-electron chi connectivity index (χ1n) is 4.20. The first-order valence-corrected chi connectivity index (χ1v) is 4.20. The van der Waals surface area contributed by atoms with E-state index < -0.39 is 0 Å². The van der Waals surface area contributed by atoms with E-state index in [0.29, 0.717) is 12.5 Å². The number of aliphatic hydroxyl groups is 1. The van der Waals surface area contributed by atoms with E-state index in [4.69, 9.17) is 5.73 Å². The van der Waals surface area contributed by atoms with Crippen LogP contribution in [0.5, 0.6) is 0 Å². The second kappa shape index (κ2) is 5.33. The lowest BCUT2D eigenvalue weighted by molar-refractivity contribution is 0.217. The minimum atomic E-state index is -0.323. The smallest absolute Gasteiger partial charge is 0.0721 e. The van der Waals surface area contributed by atoms with Crippen molar-refractivity contribution in [2.45, 2.75) is 33.3 Å². The third-order valence-electron chi connectivity index (χ3n) is 1.80. The first kappa shape index (κ1) is 10.7. The molecule has 1 atom stereocenters. The molecule has 0 spiro atoms. The molecule has 0 amide bonds. The third kappa shape index (κ3) is 4.17. The number of rotatable bonds is 4. The molecule has 0 aliphatic heterocycles. The molecule has 0 aromatic carbocycles. The average molecular weight is 157 g/mol. The minimum Gasteiger partial charge on any atom is -0.389 e. The van der Waals surface area contributed by atoms with Gasteiger partial charge in [-0.05, 0) is 12.3 Å². The van der Waals surface area contributed by atoms with Gasteiger partial charge in [0.05, 0.1) is 6.10 Å². The van der Waals surface area contributed by atoms with Crippen LogP contribution in [0.15, 0.2) is 11.6 Å². The van der Waals surface area contributed by atoms with Crippen molar-refractivity contribution < 1.29 is 5.11 Å². The van der Waals surface area contributed by atoms with Crippen molar-refractivity contribution in [3.05, 3.63) is 11.6 Å². The van der Waals surface area contributed by atoms with E-state index in [9.17, 15) is 5.11 Å². The zero-order valence-electron chi connectivity index (χ0n) is 7.67. The lowest BCUT2D eigenvalue weighted by Gasteiger charge is -2.10. The van der Waals surface area contributed by atoms with Crippen LogP contribution in [0.4, 0.5) is 0 Å². The van der Waals surface area contributed by atoms with Gasteiger partial charge in [0.25, 0.3) is 0 Å². The van der Waals surface area contributed by atoms with Crippen molar-refractivity contribution >= 4 is 0 Å². The molecule has 0 radical (unpaired) electrons. The topological polar surface area (TPSA) is 46.2 Å². The van der Waals surface area contributed by atoms with E-state index in [-0.39, 0.29) is 6.10 Å². The Bertz CT molecular complexity index is 130. The van der Waals surface area contributed by atoms with Crippen LogP contribution in [0.3, 0.4) is 0 Å². The quantitative estimate of drug-likeness (QED) is 0.604. The summed E-state index contributed by atoms with van der Waals surface area (Å²) in [6.07, 6.45) is 2.30. The highest BCUT2D eigenvalue weighted by molar-refractivity contribution is 5.08. The molecule has 0 aromatic heterocycles. The molecule has 0 fully saturated rings. The largest absolute Gasteiger partial charge is 0.389 e. The van der Waals surface area contributed by atoms with Gasteiger partial charge in [-0.15, -0.1) is 0 Å². The van der Waals surface area contributed by atoms with Crippen LogP contribution < -0.4 is 5.73 Å². The van der Waals surface area contributed by atoms with Crippen LogP contribution in [0.25, 0.3) is 0 Å². The third-order valence-corrected chi connectivity index (χ3v) is 1.80. The fourth-order valence-corrected chi connectivity index (χ4v) is 0.861. The maximum atomic E-state index is 9.28. The molecule has 0 rings (SSSR count). The second-order valence-electron chi connectivity index (χ2n) is 3.08. The van der Waals surface area contributed by atoms with E-state index in [1.54, 1.807) is 0 Å². The highest BCUT2D eigenvalue weighted by Gasteiger charge is 2.03. The summed E-state index contributed by atoms with van der Waals surface area (Å²) in [4.78, 5) is 0. The molecule has 0 aliphatic rings. The van der Waals surface area contributed by atoms with E-state index in [1.165, 1.54) is 0 Å². The van der Waals surface area contributed by atoms with Crippen LogP contribution in [-0.4, -0.2) is 17.8 Å². The number of hydrogen-bond acceptors (Lipinski definition) is 2. The fraction of sp³-hybridized carbons (Fsp3) is 0.778. The summed E-state index contributed by atoms with van der Waals surface area (Å²) < 4.78 is 0. The Morgan fingerprint density at radius 2 is 2.09 bits per heavy atom. The molecule has 0 saturated heterocycles. The summed E-state index contributed by atoms with van der Waals surface area (Å²) in [5.41, 5.74) is 6.64. The summed E-state index contributed by atoms with van der Waals surface area (Å²) in [6, 6.07) is 0. The fourth-order valence-electron chi connectivity index (χ4n) is 0.861. The van der Waals surface area contributed by atoms with Gasteiger partial charge in [-0.2, -0.15) is 0 Å². The second-order valence-corrected chi connectivity index (χ2v) is 3.08. The van der Waals surface area contributed by atoms with Crippen LogP contribution >= 0.6 is 0 Å². The van der Waals surface area contributed by atoms with E-state index in [0.717, 1.165) is 12.0 Å². The van der Waals surface area contributed by atoms with Crippen molar-refractivity contribution in [2.75, 3.05) is 6.54 Å². The van der Waals surface area contributed by atoms with Crippen LogP contribution in [-0.2, 0) is 0 Å². The molecule has 66 valence electrons. The molecule has 3 N–H and O–H groups in total. The van der Waals surface area contributed by atoms with Crippen molar-refractivity contribution in [3.63, 3.8) is 0 Å². The maximum Gasteiger partial charge on any atom is 0.0721 e. The number of hydrogen-bond donors (Lipinski definition) is 2. The van der Waals surface area contributed by atoms with Gasteiger partial charge in [0.2, 0.25) is 0 Å². The molecule has 0 bridgehead atoms. The molecular formula is C9H19NO. The monoisotopic (exact) mass is 157 g/mol. The van der Waals surface area contributed by atoms with Gasteiger partial charge in [0.1, 0.15) is 0 Å². The number of aliphatic hydroxyl groups excluding tert-OH is 1. The Morgan fingerprint density at radius 1 is 1.55 bits per heavy atom. The van der Waals surface area contributed by atoms with Crippen LogP contribution in [0, 0.1) is 5.92 Å². The van der Waals surface area contributed by atoms with Crippen LogP contribution in [0.1, 0.15) is 27.2 Å². The molecular weight excluding hydrogens is 138 g/mol. The lowest BCUT2D eigenvalue weighted by Crippen LogP contribution is -2.12. The molecule has 0 saturated carbocycles. The molecule has 2 nitrogen and oxygen atoms in total. The Labute approximate surface area is 69.1 Å². The highest BCUT2D eigenvalue weighted by Crippen LogP contribution is 2.09. The van der Waals surface area contributed by atoms with Gasteiger partial charge in [-0.25, -0.2) is 0 Å². The molecule has 2 heteroatoms. The van der Waals surface area contributed by atoms with Gasteiger partial charge < -0.3 is 10.8 Å². The maximum absolute atomic E-state index is 9.28. The predicted molar refractivity (Wildman–Crippen MR) is 48.3 cm³/mol. The normalized spacial score (nSPS) is 15.6. The zero-order chi connectivity index (χ0) is 8.85. The zero-order valence-corrected chi connectivity index (χ0v) is 7.67. The van der Waals surface area contributed by atoms with Gasteiger partial charge in [0, 0.05) is 6.54 Å². The van der Waals surface area contributed by atoms with E-state index in [2.05, 4.69) is 13.8 Å². The summed E-state index contributed by atoms with van der Waals surface area (Å²) >= 11 is 0. The summed E-state index contributed by atoms with van der Waals surface area (Å²) in [5.74, 6) is 0.446. The summed E-state index contributed by atoms with van der Waals surface area (Å²) in [7, 11) is 0. The van der Waals surface area contributed by atoms with Gasteiger partial charge in [-0.1, -0.05) is 32.4 Å². The Balaban J connectivity index is 4.10. The molecule has 0 aliphatic carbocycles. The first-order chi connectivity index (χ1) is 5.11. The standard InChI is InChI=1S/C9H19NO/c1-4-9(11)5-8(6-10)7(2)3/h5,7,9,11H,4,6,10H2,1-3H3/b8-5-. The highest BCUT2D eigenvalue weighted by atomic mass is 16.3. The van der Waals surface area contributed by atoms with Crippen molar-refractivity contribution in [1.29, 1.82) is 0 Å². The van der Waals surface area contributed by atoms with Crippen molar-refractivity contribution in [2.24, 2.45) is 11.7 Å². The van der Waals surface area contributed by atoms with Gasteiger partial charge >= 0.3 is 0 Å². The van der Waals surface area contributed by atoms with Crippen LogP contribution in [0.2, 0.25) is 0 Å². The molecule has 1 unspecified atom stereocenters. The summed E-state index contributed by atoms with van der Waals surface area (Å²) in [5, 5.41) is 9.28. The minimum absolute atomic E-state index is 0.323. The van der Waals surface area contributed by atoms with E-state index >= 15 is 0 Å². The Morgan fingerprint density at radius 3 is 2.36 bits per heavy atom. The molecule has 0 aromatic rings. The van der Waals surface area contributed by atoms with Gasteiger partial charge in [-0.3, -0.25) is 0 Å². The predicted octanol–water partition coefficient (Wildman–Crippen LogP) is 1.30. The molecule has 0 heterocycles. The van der Waals surface area contributed by atoms with Crippen molar-refractivity contribution in [1.82, 2.24) is 0 Å². The average Bonchev–Trinajstić information content (AvgIpc) is 1.99. The lowest BCUT2D eigenvalue weighted by atomic mass is 10.0. The van der Waals surface area contributed by atoms with E-state index in [1.807, 2.05) is 13.0 Å².